The third kappa shape index (κ3) is 2.13. The number of carbonyl (C=O) groups is 1. The van der Waals surface area contributed by atoms with Crippen LogP contribution >= 0.6 is 0 Å². The molecule has 6 nitrogen and oxygen atoms in total. The van der Waals surface area contributed by atoms with Crippen LogP contribution in [0.1, 0.15) is 35.4 Å². The average molecular weight is 279 g/mol. The molecule has 2 heterocycles. The number of aromatic nitrogens is 2. The van der Waals surface area contributed by atoms with Crippen molar-refractivity contribution < 1.29 is 15.0 Å². The molecule has 4 atom stereocenters. The molecule has 0 radical (unpaired) electrons. The normalized spacial score (nSPS) is 33.3. The molecule has 1 aromatic rings. The number of likely N-dealkylation sites (tertiary alicyclic amines) is 1. The van der Waals surface area contributed by atoms with Crippen LogP contribution in [0.15, 0.2) is 6.07 Å². The molecule has 2 bridgehead atoms. The third-order valence-corrected chi connectivity index (χ3v) is 4.63. The lowest BCUT2D eigenvalue weighted by atomic mass is 9.76. The van der Waals surface area contributed by atoms with Crippen LogP contribution in [0.3, 0.4) is 0 Å². The molecule has 1 aliphatic heterocycles. The highest BCUT2D eigenvalue weighted by atomic mass is 16.3. The van der Waals surface area contributed by atoms with Gasteiger partial charge in [-0.25, -0.2) is 0 Å². The highest BCUT2D eigenvalue weighted by molar-refractivity contribution is 5.93. The predicted octanol–water partition coefficient (Wildman–Crippen LogP) is 0.0748. The summed E-state index contributed by atoms with van der Waals surface area (Å²) in [5, 5.41) is 24.3. The quantitative estimate of drug-likeness (QED) is 0.763. The summed E-state index contributed by atoms with van der Waals surface area (Å²) in [5.41, 5.74) is 1.37. The number of amides is 1. The summed E-state index contributed by atoms with van der Waals surface area (Å²) < 4.78 is 1.59. The van der Waals surface area contributed by atoms with Crippen molar-refractivity contribution in [2.75, 3.05) is 6.54 Å². The van der Waals surface area contributed by atoms with Gasteiger partial charge in [-0.2, -0.15) is 5.10 Å². The van der Waals surface area contributed by atoms with Crippen LogP contribution in [0, 0.1) is 12.8 Å². The Morgan fingerprint density at radius 1 is 1.35 bits per heavy atom. The Morgan fingerprint density at radius 2 is 2.10 bits per heavy atom. The van der Waals surface area contributed by atoms with Crippen molar-refractivity contribution in [3.8, 4) is 0 Å². The number of β-amino-alcohol motifs (C(OH)–C–C–N with tert-alkyl or cyclic N) is 1. The molecule has 2 aliphatic rings. The van der Waals surface area contributed by atoms with Gasteiger partial charge in [-0.15, -0.1) is 0 Å². The van der Waals surface area contributed by atoms with Crippen molar-refractivity contribution in [1.29, 1.82) is 0 Å². The van der Waals surface area contributed by atoms with Crippen molar-refractivity contribution >= 4 is 5.91 Å². The van der Waals surface area contributed by atoms with Crippen LogP contribution in [-0.2, 0) is 7.05 Å². The largest absolute Gasteiger partial charge is 0.393 e. The minimum absolute atomic E-state index is 0.0769. The van der Waals surface area contributed by atoms with Gasteiger partial charge in [-0.05, 0) is 32.3 Å². The standard InChI is InChI=1S/C14H21N3O3/c1-8-5-11(16(2)15-8)14(20)17-7-13(19)10-6-9(17)3-4-12(10)18/h5,9-10,12-13,18-19H,3-4,6-7H2,1-2H3/t9-,10-,12-,13-/m0/s1. The highest BCUT2D eigenvalue weighted by Crippen LogP contribution is 2.35. The molecule has 110 valence electrons. The molecule has 1 saturated carbocycles. The van der Waals surface area contributed by atoms with E-state index >= 15 is 0 Å². The molecule has 1 amide bonds. The van der Waals surface area contributed by atoms with Crippen LogP contribution in [-0.4, -0.2) is 55.6 Å². The second kappa shape index (κ2) is 4.86. The van der Waals surface area contributed by atoms with E-state index in [2.05, 4.69) is 5.10 Å². The Kier molecular flexibility index (Phi) is 3.30. The van der Waals surface area contributed by atoms with Crippen LogP contribution in [0.4, 0.5) is 0 Å². The number of aliphatic hydroxyl groups excluding tert-OH is 2. The molecule has 2 fully saturated rings. The smallest absolute Gasteiger partial charge is 0.272 e. The number of fused-ring (bicyclic) bond motifs is 2. The second-order valence-corrected chi connectivity index (χ2v) is 6.02. The number of hydrogen-bond acceptors (Lipinski definition) is 4. The fourth-order valence-corrected chi connectivity index (χ4v) is 3.56. The first-order valence-corrected chi connectivity index (χ1v) is 7.15. The van der Waals surface area contributed by atoms with Crippen LogP contribution in [0.2, 0.25) is 0 Å². The van der Waals surface area contributed by atoms with Gasteiger partial charge in [0.1, 0.15) is 5.69 Å². The first-order chi connectivity index (χ1) is 9.47. The fourth-order valence-electron chi connectivity index (χ4n) is 3.56. The van der Waals surface area contributed by atoms with E-state index in [0.717, 1.165) is 12.1 Å². The Labute approximate surface area is 118 Å². The van der Waals surface area contributed by atoms with Gasteiger partial charge in [0.25, 0.3) is 5.91 Å². The SMILES string of the molecule is Cc1cc(C(=O)N2C[C@H](O)[C@H]3C[C@@H]2CC[C@@H]3O)n(C)n1. The number of carbonyl (C=O) groups excluding carboxylic acids is 1. The molecular weight excluding hydrogens is 258 g/mol. The second-order valence-electron chi connectivity index (χ2n) is 6.02. The molecule has 0 aromatic carbocycles. The van der Waals surface area contributed by atoms with Crippen molar-refractivity contribution in [2.24, 2.45) is 13.0 Å². The maximum absolute atomic E-state index is 12.7. The van der Waals surface area contributed by atoms with Crippen molar-refractivity contribution in [3.05, 3.63) is 17.5 Å². The maximum Gasteiger partial charge on any atom is 0.272 e. The zero-order valence-electron chi connectivity index (χ0n) is 11.9. The first kappa shape index (κ1) is 13.6. The molecular formula is C14H21N3O3. The van der Waals surface area contributed by atoms with Crippen molar-refractivity contribution in [2.45, 2.75) is 44.4 Å². The van der Waals surface area contributed by atoms with Gasteiger partial charge in [-0.3, -0.25) is 9.48 Å². The minimum Gasteiger partial charge on any atom is -0.393 e. The van der Waals surface area contributed by atoms with Crippen molar-refractivity contribution in [3.63, 3.8) is 0 Å². The van der Waals surface area contributed by atoms with Gasteiger partial charge < -0.3 is 15.1 Å². The number of aliphatic hydroxyl groups is 2. The lowest BCUT2D eigenvalue weighted by Crippen LogP contribution is -2.57. The summed E-state index contributed by atoms with van der Waals surface area (Å²) in [6.07, 6.45) is 1.07. The summed E-state index contributed by atoms with van der Waals surface area (Å²) in [5.74, 6) is -0.168. The lowest BCUT2D eigenvalue weighted by molar-refractivity contribution is -0.0795. The summed E-state index contributed by atoms with van der Waals surface area (Å²) in [7, 11) is 1.76. The zero-order valence-corrected chi connectivity index (χ0v) is 11.9. The minimum atomic E-state index is -0.639. The van der Waals surface area contributed by atoms with Crippen LogP contribution in [0.25, 0.3) is 0 Å². The van der Waals surface area contributed by atoms with Gasteiger partial charge >= 0.3 is 0 Å². The van der Waals surface area contributed by atoms with E-state index in [-0.39, 0.29) is 17.9 Å². The first-order valence-electron chi connectivity index (χ1n) is 7.15. The molecule has 0 spiro atoms. The molecule has 1 aromatic heterocycles. The molecule has 20 heavy (non-hydrogen) atoms. The molecule has 3 rings (SSSR count). The van der Waals surface area contributed by atoms with Crippen LogP contribution < -0.4 is 0 Å². The van der Waals surface area contributed by atoms with E-state index in [1.807, 2.05) is 6.92 Å². The van der Waals surface area contributed by atoms with Crippen LogP contribution in [0.5, 0.6) is 0 Å². The van der Waals surface area contributed by atoms with E-state index < -0.39 is 12.2 Å². The van der Waals surface area contributed by atoms with E-state index in [1.165, 1.54) is 0 Å². The Balaban J connectivity index is 1.84. The Bertz CT molecular complexity index is 528. The zero-order chi connectivity index (χ0) is 14.4. The fraction of sp³-hybridized carbons (Fsp3) is 0.714. The summed E-state index contributed by atoms with van der Waals surface area (Å²) >= 11 is 0. The van der Waals surface area contributed by atoms with Gasteiger partial charge in [0.2, 0.25) is 0 Å². The molecule has 1 aliphatic carbocycles. The number of rotatable bonds is 1. The number of nitrogens with zero attached hydrogens (tertiary/aromatic N) is 3. The summed E-state index contributed by atoms with van der Waals surface area (Å²) in [6.45, 7) is 2.16. The van der Waals surface area contributed by atoms with E-state index in [0.29, 0.717) is 25.1 Å². The van der Waals surface area contributed by atoms with E-state index in [1.54, 1.807) is 22.7 Å². The summed E-state index contributed by atoms with van der Waals surface area (Å²) in [4.78, 5) is 14.4. The maximum atomic E-state index is 12.7. The third-order valence-electron chi connectivity index (χ3n) is 4.63. The highest BCUT2D eigenvalue weighted by Gasteiger charge is 2.43. The molecule has 0 unspecified atom stereocenters. The average Bonchev–Trinajstić information content (AvgIpc) is 2.75. The molecule has 2 N–H and O–H groups in total. The number of aryl methyl sites for hydroxylation is 2. The molecule has 1 saturated heterocycles. The monoisotopic (exact) mass is 279 g/mol. The Morgan fingerprint density at radius 3 is 2.75 bits per heavy atom. The number of hydrogen-bond donors (Lipinski definition) is 2. The van der Waals surface area contributed by atoms with Gasteiger partial charge in [-0.1, -0.05) is 0 Å². The van der Waals surface area contributed by atoms with Gasteiger partial charge in [0.15, 0.2) is 0 Å². The Hall–Kier alpha value is -1.40. The molecule has 6 heteroatoms. The van der Waals surface area contributed by atoms with E-state index in [4.69, 9.17) is 0 Å². The van der Waals surface area contributed by atoms with Gasteiger partial charge in [0.05, 0.1) is 17.9 Å². The van der Waals surface area contributed by atoms with Crippen molar-refractivity contribution in [1.82, 2.24) is 14.7 Å². The topological polar surface area (TPSA) is 78.6 Å². The lowest BCUT2D eigenvalue weighted by Gasteiger charge is -2.47. The number of piperidine rings is 1. The van der Waals surface area contributed by atoms with E-state index in [9.17, 15) is 15.0 Å². The predicted molar refractivity (Wildman–Crippen MR) is 72.1 cm³/mol. The summed E-state index contributed by atoms with van der Waals surface area (Å²) in [6, 6.07) is 1.90. The van der Waals surface area contributed by atoms with Gasteiger partial charge in [0, 0.05) is 25.6 Å².